The second kappa shape index (κ2) is 6.91. The van der Waals surface area contributed by atoms with E-state index in [0.29, 0.717) is 47.3 Å². The summed E-state index contributed by atoms with van der Waals surface area (Å²) in [5.74, 6) is 4.02. The number of fused-ring (bicyclic) bond motifs is 2. The van der Waals surface area contributed by atoms with Crippen molar-refractivity contribution in [2.24, 2.45) is 57.5 Å². The van der Waals surface area contributed by atoms with E-state index in [1.807, 2.05) is 60.7 Å². The summed E-state index contributed by atoms with van der Waals surface area (Å²) in [6.45, 7) is 0. The number of hydrogen-bond donors (Lipinski definition) is 4. The van der Waals surface area contributed by atoms with Crippen molar-refractivity contribution in [2.75, 3.05) is 10.6 Å². The third kappa shape index (κ3) is 2.63. The zero-order chi connectivity index (χ0) is 22.1. The van der Waals surface area contributed by atoms with Crippen molar-refractivity contribution in [1.29, 1.82) is 0 Å². The Morgan fingerprint density at radius 1 is 0.636 bits per heavy atom. The standard InChI is InChI=1S/C25H24N6O2/c32-24(26-12-7-3-1-4-8-12)30-28-22-18-14-11-15-17-16(14)20(22)21(17)23(19(15)18)29-31-25(33)27-13-9-5-2-6-10-13/h1-10,14-21H,11H2,(H2,26,30,32)(H2,27,31,33)/b28-22+,29-23+. The van der Waals surface area contributed by atoms with Crippen molar-refractivity contribution in [2.45, 2.75) is 6.42 Å². The van der Waals surface area contributed by atoms with E-state index in [4.69, 9.17) is 0 Å². The molecule has 2 bridgehead atoms. The maximum Gasteiger partial charge on any atom is 0.339 e. The lowest BCUT2D eigenvalue weighted by molar-refractivity contribution is 0.0654. The molecular weight excluding hydrogens is 416 g/mol. The Bertz CT molecular complexity index is 1100. The Morgan fingerprint density at radius 2 is 1.06 bits per heavy atom. The predicted molar refractivity (Wildman–Crippen MR) is 125 cm³/mol. The van der Waals surface area contributed by atoms with Gasteiger partial charge in [-0.1, -0.05) is 36.4 Å². The monoisotopic (exact) mass is 440 g/mol. The molecule has 0 aromatic heterocycles. The molecule has 0 spiro atoms. The number of rotatable bonds is 4. The normalized spacial score (nSPS) is 37.9. The summed E-state index contributed by atoms with van der Waals surface area (Å²) in [7, 11) is 0. The van der Waals surface area contributed by atoms with Gasteiger partial charge in [-0.2, -0.15) is 10.2 Å². The first kappa shape index (κ1) is 18.8. The zero-order valence-electron chi connectivity index (χ0n) is 17.8. The summed E-state index contributed by atoms with van der Waals surface area (Å²) in [5, 5.41) is 14.9. The number of benzene rings is 2. The Morgan fingerprint density at radius 3 is 1.48 bits per heavy atom. The molecule has 2 aromatic rings. The fourth-order valence-corrected chi connectivity index (χ4v) is 7.75. The highest BCUT2D eigenvalue weighted by Crippen LogP contribution is 2.80. The zero-order valence-corrected chi connectivity index (χ0v) is 17.8. The minimum Gasteiger partial charge on any atom is -0.307 e. The van der Waals surface area contributed by atoms with Crippen LogP contribution in [0.25, 0.3) is 0 Å². The molecular formula is C25H24N6O2. The average Bonchev–Trinajstić information content (AvgIpc) is 3.36. The van der Waals surface area contributed by atoms with Crippen LogP contribution in [0.5, 0.6) is 0 Å². The van der Waals surface area contributed by atoms with Gasteiger partial charge in [-0.3, -0.25) is 0 Å². The van der Waals surface area contributed by atoms with Gasteiger partial charge in [0.15, 0.2) is 0 Å². The van der Waals surface area contributed by atoms with E-state index in [1.165, 1.54) is 6.42 Å². The summed E-state index contributed by atoms with van der Waals surface area (Å²) in [6, 6.07) is 18.1. The fraction of sp³-hybridized carbons (Fsp3) is 0.360. The lowest BCUT2D eigenvalue weighted by Gasteiger charge is -2.44. The second-order valence-electron chi connectivity index (χ2n) is 9.76. The lowest BCUT2D eigenvalue weighted by atomic mass is 9.59. The topological polar surface area (TPSA) is 107 Å². The number of nitrogens with zero attached hydrogens (tertiary/aromatic N) is 2. The SMILES string of the molecule is O=C(N/N=C1\C2C3CC4C2/C(=N\NC(=O)Nc2ccccc2)C2C1C3C42)Nc1ccccc1. The maximum absolute atomic E-state index is 12.3. The molecule has 7 rings (SSSR count). The lowest BCUT2D eigenvalue weighted by Crippen LogP contribution is -2.49. The molecule has 8 atom stereocenters. The number of para-hydroxylation sites is 2. The fourth-order valence-electron chi connectivity index (χ4n) is 7.75. The van der Waals surface area contributed by atoms with E-state index < -0.39 is 0 Å². The maximum atomic E-state index is 12.3. The van der Waals surface area contributed by atoms with Crippen LogP contribution in [0.1, 0.15) is 6.42 Å². The van der Waals surface area contributed by atoms with Crippen LogP contribution in [-0.4, -0.2) is 23.5 Å². The van der Waals surface area contributed by atoms with Gasteiger partial charge in [0.1, 0.15) is 0 Å². The molecule has 2 aromatic carbocycles. The number of urea groups is 2. The highest BCUT2D eigenvalue weighted by Gasteiger charge is 2.82. The van der Waals surface area contributed by atoms with Crippen LogP contribution in [0.15, 0.2) is 70.9 Å². The van der Waals surface area contributed by atoms with E-state index in [9.17, 15) is 9.59 Å². The van der Waals surface area contributed by atoms with Crippen molar-refractivity contribution in [3.8, 4) is 0 Å². The Kier molecular flexibility index (Phi) is 3.95. The van der Waals surface area contributed by atoms with Gasteiger partial charge >= 0.3 is 12.1 Å². The molecule has 0 radical (unpaired) electrons. The predicted octanol–water partition coefficient (Wildman–Crippen LogP) is 3.73. The number of carbonyl (C=O) groups excluding carboxylic acids is 2. The van der Waals surface area contributed by atoms with Crippen molar-refractivity contribution < 1.29 is 9.59 Å². The molecule has 5 fully saturated rings. The van der Waals surface area contributed by atoms with Crippen molar-refractivity contribution in [3.63, 3.8) is 0 Å². The molecule has 0 aliphatic heterocycles. The summed E-state index contributed by atoms with van der Waals surface area (Å²) in [4.78, 5) is 24.7. The van der Waals surface area contributed by atoms with Gasteiger partial charge in [-0.05, 0) is 54.4 Å². The number of anilines is 2. The van der Waals surface area contributed by atoms with Gasteiger partial charge < -0.3 is 10.6 Å². The van der Waals surface area contributed by atoms with Crippen LogP contribution in [0.2, 0.25) is 0 Å². The van der Waals surface area contributed by atoms with Gasteiger partial charge in [0.2, 0.25) is 0 Å². The van der Waals surface area contributed by atoms with Crippen LogP contribution < -0.4 is 21.5 Å². The smallest absolute Gasteiger partial charge is 0.307 e. The minimum atomic E-state index is -0.319. The summed E-state index contributed by atoms with van der Waals surface area (Å²) < 4.78 is 0. The molecule has 4 amide bonds. The molecule has 5 aliphatic rings. The first-order valence-corrected chi connectivity index (χ1v) is 11.6. The third-order valence-electron chi connectivity index (χ3n) is 8.51. The van der Waals surface area contributed by atoms with E-state index in [-0.39, 0.29) is 12.1 Å². The minimum absolute atomic E-state index is 0.319. The van der Waals surface area contributed by atoms with E-state index in [0.717, 1.165) is 22.8 Å². The number of amides is 4. The Hall–Kier alpha value is -3.68. The number of carbonyl (C=O) groups is 2. The highest BCUT2D eigenvalue weighted by molar-refractivity contribution is 6.11. The third-order valence-corrected chi connectivity index (χ3v) is 8.51. The molecule has 0 saturated heterocycles. The Labute approximate surface area is 190 Å². The largest absolute Gasteiger partial charge is 0.339 e. The number of nitrogens with one attached hydrogen (secondary N) is 4. The molecule has 4 N–H and O–H groups in total. The molecule has 8 unspecified atom stereocenters. The van der Waals surface area contributed by atoms with E-state index in [2.05, 4.69) is 31.7 Å². The Balaban J connectivity index is 1.07. The first-order valence-electron chi connectivity index (χ1n) is 11.6. The van der Waals surface area contributed by atoms with Crippen LogP contribution in [-0.2, 0) is 0 Å². The van der Waals surface area contributed by atoms with E-state index >= 15 is 0 Å². The summed E-state index contributed by atoms with van der Waals surface area (Å²) >= 11 is 0. The van der Waals surface area contributed by atoms with Gasteiger partial charge in [0.05, 0.1) is 0 Å². The molecule has 8 heteroatoms. The molecule has 33 heavy (non-hydrogen) atoms. The summed E-state index contributed by atoms with van der Waals surface area (Å²) in [6.07, 6.45) is 1.22. The quantitative estimate of drug-likeness (QED) is 0.544. The second-order valence-corrected chi connectivity index (χ2v) is 9.76. The van der Waals surface area contributed by atoms with Gasteiger partial charge in [-0.25, -0.2) is 20.4 Å². The van der Waals surface area contributed by atoms with Crippen LogP contribution >= 0.6 is 0 Å². The van der Waals surface area contributed by atoms with Gasteiger partial charge in [0, 0.05) is 46.5 Å². The number of hydrogen-bond acceptors (Lipinski definition) is 4. The van der Waals surface area contributed by atoms with Crippen molar-refractivity contribution in [1.82, 2.24) is 10.9 Å². The van der Waals surface area contributed by atoms with Crippen molar-refractivity contribution >= 4 is 34.9 Å². The van der Waals surface area contributed by atoms with Gasteiger partial charge in [-0.15, -0.1) is 0 Å². The van der Waals surface area contributed by atoms with E-state index in [1.54, 1.807) is 0 Å². The molecule has 0 heterocycles. The van der Waals surface area contributed by atoms with Crippen LogP contribution in [0.3, 0.4) is 0 Å². The summed E-state index contributed by atoms with van der Waals surface area (Å²) in [5.41, 5.74) is 9.23. The average molecular weight is 441 g/mol. The van der Waals surface area contributed by atoms with Crippen LogP contribution in [0.4, 0.5) is 21.0 Å². The molecule has 166 valence electrons. The van der Waals surface area contributed by atoms with Crippen LogP contribution in [0, 0.1) is 47.3 Å². The highest BCUT2D eigenvalue weighted by atomic mass is 16.2. The molecule has 8 nitrogen and oxygen atoms in total. The molecule has 5 aliphatic carbocycles. The number of hydrazone groups is 2. The van der Waals surface area contributed by atoms with Crippen molar-refractivity contribution in [3.05, 3.63) is 60.7 Å². The molecule has 5 saturated carbocycles. The first-order chi connectivity index (χ1) is 16.2. The van der Waals surface area contributed by atoms with Gasteiger partial charge in [0.25, 0.3) is 0 Å².